The fourth-order valence-electron chi connectivity index (χ4n) is 2.05. The topological polar surface area (TPSA) is 12.4 Å². The van der Waals surface area contributed by atoms with Crippen LogP contribution >= 0.6 is 15.9 Å². The van der Waals surface area contributed by atoms with Gasteiger partial charge < -0.3 is 0 Å². The Morgan fingerprint density at radius 3 is 1.85 bits per heavy atom. The van der Waals surface area contributed by atoms with E-state index in [1.807, 2.05) is 43.3 Å². The summed E-state index contributed by atoms with van der Waals surface area (Å²) in [5, 5.41) is 0. The molecule has 0 bridgehead atoms. The molecule has 0 unspecified atom stereocenters. The minimum Gasteiger partial charge on any atom is -0.251 e. The van der Waals surface area contributed by atoms with E-state index >= 15 is 0 Å². The van der Waals surface area contributed by atoms with Crippen LogP contribution in [0.1, 0.15) is 31.4 Å². The summed E-state index contributed by atoms with van der Waals surface area (Å²) >= 11 is 3.58. The van der Waals surface area contributed by atoms with E-state index < -0.39 is 0 Å². The molecule has 0 aliphatic heterocycles. The van der Waals surface area contributed by atoms with Crippen LogP contribution in [0.25, 0.3) is 5.70 Å². The van der Waals surface area contributed by atoms with E-state index in [-0.39, 0.29) is 0 Å². The van der Waals surface area contributed by atoms with Crippen LogP contribution < -0.4 is 0 Å². The molecule has 0 radical (unpaired) electrons. The Hall–Kier alpha value is -1.67. The van der Waals surface area contributed by atoms with Gasteiger partial charge in [-0.05, 0) is 18.9 Å². The van der Waals surface area contributed by atoms with Crippen LogP contribution in [0.5, 0.6) is 0 Å². The van der Waals surface area contributed by atoms with Gasteiger partial charge in [0.15, 0.2) is 0 Å². The molecule has 2 rings (SSSR count). The minimum absolute atomic E-state index is 0.903. The number of rotatable bonds is 4. The molecule has 0 heterocycles. The molecule has 0 saturated heterocycles. The number of aliphatic imine (C=N–C) groups is 1. The average Bonchev–Trinajstić information content (AvgIpc) is 2.50. The van der Waals surface area contributed by atoms with E-state index in [4.69, 9.17) is 4.99 Å². The lowest BCUT2D eigenvalue weighted by molar-refractivity contribution is 1.26. The van der Waals surface area contributed by atoms with Gasteiger partial charge in [0.2, 0.25) is 0 Å². The molecule has 0 fully saturated rings. The molecule has 0 saturated carbocycles. The van der Waals surface area contributed by atoms with Crippen molar-refractivity contribution in [1.29, 1.82) is 0 Å². The highest BCUT2D eigenvalue weighted by Crippen LogP contribution is 2.25. The van der Waals surface area contributed by atoms with Gasteiger partial charge in [-0.25, -0.2) is 0 Å². The van der Waals surface area contributed by atoms with Crippen molar-refractivity contribution in [3.63, 3.8) is 0 Å². The summed E-state index contributed by atoms with van der Waals surface area (Å²) in [6, 6.07) is 20.6. The van der Waals surface area contributed by atoms with Gasteiger partial charge in [0.1, 0.15) is 0 Å². The van der Waals surface area contributed by atoms with Crippen LogP contribution in [0.4, 0.5) is 0 Å². The van der Waals surface area contributed by atoms with Crippen molar-refractivity contribution in [1.82, 2.24) is 0 Å². The van der Waals surface area contributed by atoms with Crippen molar-refractivity contribution in [3.8, 4) is 0 Å². The molecule has 2 aromatic carbocycles. The van der Waals surface area contributed by atoms with Crippen LogP contribution in [0.15, 0.2) is 70.1 Å². The molecule has 2 aromatic rings. The fraction of sp³-hybridized carbons (Fsp3) is 0.167. The standard InChI is InChI=1S/C18H18BrN/c1-3-17(15-10-6-4-7-11-15)20-18(14(2)19)16-12-8-5-9-13-16/h4-13H,3H2,1-2H3/b18-14-,20-17?. The average molecular weight is 328 g/mol. The highest BCUT2D eigenvalue weighted by atomic mass is 79.9. The maximum atomic E-state index is 4.88. The Kier molecular flexibility index (Phi) is 5.31. The van der Waals surface area contributed by atoms with Gasteiger partial charge in [-0.1, -0.05) is 83.5 Å². The molecular weight excluding hydrogens is 310 g/mol. The van der Waals surface area contributed by atoms with Crippen molar-refractivity contribution in [3.05, 3.63) is 76.3 Å². The zero-order valence-electron chi connectivity index (χ0n) is 11.8. The van der Waals surface area contributed by atoms with Crippen LogP contribution in [-0.4, -0.2) is 5.71 Å². The van der Waals surface area contributed by atoms with E-state index in [2.05, 4.69) is 47.1 Å². The minimum atomic E-state index is 0.903. The molecule has 0 aromatic heterocycles. The highest BCUT2D eigenvalue weighted by molar-refractivity contribution is 9.11. The Balaban J connectivity index is 2.46. The maximum absolute atomic E-state index is 4.88. The summed E-state index contributed by atoms with van der Waals surface area (Å²) in [6.07, 6.45) is 0.903. The van der Waals surface area contributed by atoms with Gasteiger partial charge in [0.25, 0.3) is 0 Å². The van der Waals surface area contributed by atoms with E-state index in [1.54, 1.807) is 0 Å². The summed E-state index contributed by atoms with van der Waals surface area (Å²) < 4.78 is 1.05. The van der Waals surface area contributed by atoms with Crippen molar-refractivity contribution < 1.29 is 0 Å². The van der Waals surface area contributed by atoms with Gasteiger partial charge in [-0.2, -0.15) is 0 Å². The Labute approximate surface area is 129 Å². The van der Waals surface area contributed by atoms with Crippen molar-refractivity contribution in [2.45, 2.75) is 20.3 Å². The lowest BCUT2D eigenvalue weighted by Gasteiger charge is -2.09. The first-order valence-electron chi connectivity index (χ1n) is 6.77. The van der Waals surface area contributed by atoms with E-state index in [9.17, 15) is 0 Å². The van der Waals surface area contributed by atoms with Crippen molar-refractivity contribution in [2.75, 3.05) is 0 Å². The maximum Gasteiger partial charge on any atom is 0.0803 e. The SMILES string of the molecule is CCC(=N/C(=C(/C)Br)c1ccccc1)c1ccccc1. The largest absolute Gasteiger partial charge is 0.251 e. The molecule has 1 nitrogen and oxygen atoms in total. The molecule has 0 N–H and O–H groups in total. The lowest BCUT2D eigenvalue weighted by atomic mass is 10.1. The molecule has 102 valence electrons. The molecule has 0 aliphatic carbocycles. The summed E-state index contributed by atoms with van der Waals surface area (Å²) in [6.45, 7) is 4.17. The number of halogens is 1. The van der Waals surface area contributed by atoms with Crippen molar-refractivity contribution in [2.24, 2.45) is 4.99 Å². The summed E-state index contributed by atoms with van der Waals surface area (Å²) in [5.41, 5.74) is 4.40. The number of hydrogen-bond donors (Lipinski definition) is 0. The van der Waals surface area contributed by atoms with E-state index in [0.717, 1.165) is 27.9 Å². The number of hydrogen-bond acceptors (Lipinski definition) is 1. The molecule has 0 aliphatic rings. The fourth-order valence-corrected chi connectivity index (χ4v) is 2.37. The third kappa shape index (κ3) is 3.67. The second kappa shape index (κ2) is 7.20. The van der Waals surface area contributed by atoms with Crippen molar-refractivity contribution >= 4 is 27.3 Å². The molecule has 2 heteroatoms. The third-order valence-corrected chi connectivity index (χ3v) is 3.44. The molecule has 0 amide bonds. The van der Waals surface area contributed by atoms with Crippen LogP contribution in [0.3, 0.4) is 0 Å². The molecule has 20 heavy (non-hydrogen) atoms. The van der Waals surface area contributed by atoms with Crippen LogP contribution in [0, 0.1) is 0 Å². The number of benzene rings is 2. The Bertz CT molecular complexity index is 608. The first-order chi connectivity index (χ1) is 9.72. The van der Waals surface area contributed by atoms with Gasteiger partial charge >= 0.3 is 0 Å². The predicted molar refractivity (Wildman–Crippen MR) is 91.2 cm³/mol. The van der Waals surface area contributed by atoms with Gasteiger partial charge in [0, 0.05) is 15.8 Å². The Morgan fingerprint density at radius 2 is 1.40 bits per heavy atom. The Morgan fingerprint density at radius 1 is 0.900 bits per heavy atom. The van der Waals surface area contributed by atoms with Crippen LogP contribution in [-0.2, 0) is 0 Å². The third-order valence-electron chi connectivity index (χ3n) is 3.06. The normalized spacial score (nSPS) is 13.1. The first kappa shape index (κ1) is 14.7. The van der Waals surface area contributed by atoms with Crippen LogP contribution in [0.2, 0.25) is 0 Å². The van der Waals surface area contributed by atoms with E-state index in [1.165, 1.54) is 5.56 Å². The second-order valence-electron chi connectivity index (χ2n) is 4.53. The summed E-state index contributed by atoms with van der Waals surface area (Å²) in [7, 11) is 0. The smallest absolute Gasteiger partial charge is 0.0803 e. The lowest BCUT2D eigenvalue weighted by Crippen LogP contribution is -1.99. The summed E-state index contributed by atoms with van der Waals surface area (Å²) in [4.78, 5) is 4.88. The van der Waals surface area contributed by atoms with Gasteiger partial charge in [-0.3, -0.25) is 4.99 Å². The molecule has 0 spiro atoms. The van der Waals surface area contributed by atoms with Gasteiger partial charge in [0.05, 0.1) is 5.70 Å². The van der Waals surface area contributed by atoms with E-state index in [0.29, 0.717) is 0 Å². The van der Waals surface area contributed by atoms with Gasteiger partial charge in [-0.15, -0.1) is 0 Å². The zero-order valence-corrected chi connectivity index (χ0v) is 13.4. The first-order valence-corrected chi connectivity index (χ1v) is 7.56. The zero-order chi connectivity index (χ0) is 14.4. The summed E-state index contributed by atoms with van der Waals surface area (Å²) in [5.74, 6) is 0. The number of allylic oxidation sites excluding steroid dienone is 1. The highest BCUT2D eigenvalue weighted by Gasteiger charge is 2.06. The monoisotopic (exact) mass is 327 g/mol. The molecule has 0 atom stereocenters. The number of nitrogens with zero attached hydrogens (tertiary/aromatic N) is 1. The second-order valence-corrected chi connectivity index (χ2v) is 5.72. The predicted octanol–water partition coefficient (Wildman–Crippen LogP) is 5.67. The molecular formula is C18H18BrN. The quantitative estimate of drug-likeness (QED) is 0.641.